The van der Waals surface area contributed by atoms with E-state index in [1.807, 2.05) is 0 Å². The van der Waals surface area contributed by atoms with Gasteiger partial charge < -0.3 is 9.57 Å². The molecule has 0 aliphatic carbocycles. The van der Waals surface area contributed by atoms with Crippen molar-refractivity contribution >= 4 is 17.8 Å². The molecule has 8 heteroatoms. The molecule has 23 heavy (non-hydrogen) atoms. The standard InChI is InChI=1S/C15H13N3O5/c1-8-11(14(22-3)17(2)16-8)15(21)23-18-12(19)9-6-4-5-7-10(9)13(18)20/h4-7H,1-3H3. The highest BCUT2D eigenvalue weighted by atomic mass is 16.7. The van der Waals surface area contributed by atoms with Gasteiger partial charge in [0.05, 0.1) is 23.9 Å². The van der Waals surface area contributed by atoms with Crippen LogP contribution in [0.15, 0.2) is 24.3 Å². The lowest BCUT2D eigenvalue weighted by Gasteiger charge is -2.13. The summed E-state index contributed by atoms with van der Waals surface area (Å²) in [6, 6.07) is 6.26. The van der Waals surface area contributed by atoms with E-state index < -0.39 is 17.8 Å². The summed E-state index contributed by atoms with van der Waals surface area (Å²) in [6.45, 7) is 1.60. The van der Waals surface area contributed by atoms with Crippen molar-refractivity contribution < 1.29 is 24.0 Å². The molecule has 8 nitrogen and oxygen atoms in total. The van der Waals surface area contributed by atoms with Crippen LogP contribution in [-0.4, -0.2) is 39.7 Å². The van der Waals surface area contributed by atoms with Gasteiger partial charge in [0.25, 0.3) is 11.8 Å². The van der Waals surface area contributed by atoms with Crippen molar-refractivity contribution in [3.05, 3.63) is 46.6 Å². The number of benzene rings is 1. The molecule has 0 atom stereocenters. The van der Waals surface area contributed by atoms with Crippen LogP contribution in [0.1, 0.15) is 36.8 Å². The van der Waals surface area contributed by atoms with Gasteiger partial charge in [0.2, 0.25) is 5.88 Å². The highest BCUT2D eigenvalue weighted by Crippen LogP contribution is 2.26. The Hall–Kier alpha value is -3.16. The lowest BCUT2D eigenvalue weighted by molar-refractivity contribution is -0.0586. The molecule has 2 heterocycles. The number of fused-ring (bicyclic) bond motifs is 1. The van der Waals surface area contributed by atoms with Crippen molar-refractivity contribution in [1.82, 2.24) is 14.8 Å². The molecule has 0 saturated heterocycles. The number of carbonyl (C=O) groups is 3. The third-order valence-electron chi connectivity index (χ3n) is 3.50. The van der Waals surface area contributed by atoms with Gasteiger partial charge in [-0.2, -0.15) is 5.10 Å². The van der Waals surface area contributed by atoms with Crippen LogP contribution in [0.4, 0.5) is 0 Å². The number of nitrogens with zero attached hydrogens (tertiary/aromatic N) is 3. The van der Waals surface area contributed by atoms with Crippen molar-refractivity contribution in [3.8, 4) is 5.88 Å². The zero-order valence-electron chi connectivity index (χ0n) is 12.7. The zero-order chi connectivity index (χ0) is 16.7. The number of aryl methyl sites for hydroxylation is 2. The summed E-state index contributed by atoms with van der Waals surface area (Å²) < 4.78 is 6.48. The lowest BCUT2D eigenvalue weighted by Crippen LogP contribution is -2.32. The molecular formula is C15H13N3O5. The molecule has 2 aromatic rings. The molecule has 118 valence electrons. The van der Waals surface area contributed by atoms with Gasteiger partial charge in [-0.15, -0.1) is 0 Å². The second-order valence-electron chi connectivity index (χ2n) is 4.92. The molecule has 1 aliphatic heterocycles. The Labute approximate surface area is 131 Å². The molecule has 1 aliphatic rings. The number of imide groups is 1. The van der Waals surface area contributed by atoms with E-state index in [-0.39, 0.29) is 22.6 Å². The highest BCUT2D eigenvalue weighted by molar-refractivity contribution is 6.21. The Morgan fingerprint density at radius 3 is 2.22 bits per heavy atom. The number of hydroxylamine groups is 2. The average molecular weight is 315 g/mol. The highest BCUT2D eigenvalue weighted by Gasteiger charge is 2.39. The molecule has 0 spiro atoms. The van der Waals surface area contributed by atoms with Gasteiger partial charge in [0.1, 0.15) is 5.56 Å². The van der Waals surface area contributed by atoms with Crippen molar-refractivity contribution in [3.63, 3.8) is 0 Å². The van der Waals surface area contributed by atoms with E-state index in [0.717, 1.165) is 0 Å². The van der Waals surface area contributed by atoms with Gasteiger partial charge >= 0.3 is 5.97 Å². The Bertz CT molecular complexity index is 805. The van der Waals surface area contributed by atoms with Crippen LogP contribution in [-0.2, 0) is 11.9 Å². The fourth-order valence-corrected chi connectivity index (χ4v) is 2.48. The Morgan fingerprint density at radius 1 is 1.13 bits per heavy atom. The van der Waals surface area contributed by atoms with Gasteiger partial charge in [-0.05, 0) is 19.1 Å². The summed E-state index contributed by atoms with van der Waals surface area (Å²) in [6.07, 6.45) is 0. The molecule has 3 rings (SSSR count). The summed E-state index contributed by atoms with van der Waals surface area (Å²) in [5.74, 6) is -2.06. The number of ether oxygens (including phenoxy) is 1. The monoisotopic (exact) mass is 315 g/mol. The van der Waals surface area contributed by atoms with Gasteiger partial charge in [-0.3, -0.25) is 9.59 Å². The first-order valence-electron chi connectivity index (χ1n) is 6.73. The van der Waals surface area contributed by atoms with E-state index in [9.17, 15) is 14.4 Å². The maximum absolute atomic E-state index is 12.4. The first-order chi connectivity index (χ1) is 11.0. The molecule has 0 fully saturated rings. The van der Waals surface area contributed by atoms with E-state index in [0.29, 0.717) is 10.8 Å². The smallest absolute Gasteiger partial charge is 0.371 e. The van der Waals surface area contributed by atoms with Gasteiger partial charge in [-0.25, -0.2) is 9.48 Å². The molecule has 2 amide bonds. The molecule has 0 saturated carbocycles. The van der Waals surface area contributed by atoms with Gasteiger partial charge in [0, 0.05) is 7.05 Å². The zero-order valence-corrected chi connectivity index (χ0v) is 12.7. The Balaban J connectivity index is 1.91. The minimum atomic E-state index is -0.887. The maximum Gasteiger partial charge on any atom is 0.371 e. The summed E-state index contributed by atoms with van der Waals surface area (Å²) in [4.78, 5) is 41.7. The minimum Gasteiger partial charge on any atom is -0.481 e. The number of amides is 2. The fraction of sp³-hybridized carbons (Fsp3) is 0.200. The van der Waals surface area contributed by atoms with Crippen molar-refractivity contribution in [2.75, 3.05) is 7.11 Å². The molecule has 0 unspecified atom stereocenters. The number of methoxy groups -OCH3 is 1. The topological polar surface area (TPSA) is 90.7 Å². The van der Waals surface area contributed by atoms with Crippen molar-refractivity contribution in [2.45, 2.75) is 6.92 Å². The van der Waals surface area contributed by atoms with Crippen molar-refractivity contribution in [2.24, 2.45) is 7.05 Å². The second-order valence-corrected chi connectivity index (χ2v) is 4.92. The average Bonchev–Trinajstić information content (AvgIpc) is 2.95. The number of hydrogen-bond acceptors (Lipinski definition) is 6. The lowest BCUT2D eigenvalue weighted by atomic mass is 10.1. The summed E-state index contributed by atoms with van der Waals surface area (Å²) in [5.41, 5.74) is 0.817. The van der Waals surface area contributed by atoms with Gasteiger partial charge in [-0.1, -0.05) is 17.2 Å². The fourth-order valence-electron chi connectivity index (χ4n) is 2.48. The van der Waals surface area contributed by atoms with E-state index in [1.165, 1.54) is 23.9 Å². The van der Waals surface area contributed by atoms with E-state index >= 15 is 0 Å². The largest absolute Gasteiger partial charge is 0.481 e. The SMILES string of the molecule is COc1c(C(=O)ON2C(=O)c3ccccc3C2=O)c(C)nn1C. The predicted octanol–water partition coefficient (Wildman–Crippen LogP) is 1.11. The summed E-state index contributed by atoms with van der Waals surface area (Å²) in [5, 5.41) is 4.51. The van der Waals surface area contributed by atoms with Crippen LogP contribution in [0.2, 0.25) is 0 Å². The first kappa shape index (κ1) is 14.8. The van der Waals surface area contributed by atoms with E-state index in [1.54, 1.807) is 26.1 Å². The molecule has 0 bridgehead atoms. The van der Waals surface area contributed by atoms with Crippen LogP contribution in [0.25, 0.3) is 0 Å². The van der Waals surface area contributed by atoms with Crippen LogP contribution in [0.3, 0.4) is 0 Å². The molecular weight excluding hydrogens is 302 g/mol. The van der Waals surface area contributed by atoms with E-state index in [2.05, 4.69) is 5.10 Å². The van der Waals surface area contributed by atoms with Crippen LogP contribution in [0, 0.1) is 6.92 Å². The predicted molar refractivity (Wildman–Crippen MR) is 76.9 cm³/mol. The molecule has 0 radical (unpaired) electrons. The Kier molecular flexibility index (Phi) is 3.36. The number of rotatable bonds is 3. The van der Waals surface area contributed by atoms with Crippen LogP contribution in [0.5, 0.6) is 5.88 Å². The Morgan fingerprint density at radius 2 is 1.70 bits per heavy atom. The summed E-state index contributed by atoms with van der Waals surface area (Å²) in [7, 11) is 2.99. The van der Waals surface area contributed by atoms with Crippen LogP contribution < -0.4 is 4.74 Å². The molecule has 0 N–H and O–H groups in total. The van der Waals surface area contributed by atoms with Crippen LogP contribution >= 0.6 is 0 Å². The minimum absolute atomic E-state index is 0.0616. The van der Waals surface area contributed by atoms with E-state index in [4.69, 9.17) is 9.57 Å². The van der Waals surface area contributed by atoms with Crippen molar-refractivity contribution in [1.29, 1.82) is 0 Å². The third-order valence-corrected chi connectivity index (χ3v) is 3.50. The molecule has 1 aromatic heterocycles. The number of carbonyl (C=O) groups excluding carboxylic acids is 3. The first-order valence-corrected chi connectivity index (χ1v) is 6.73. The molecule has 1 aromatic carbocycles. The normalized spacial score (nSPS) is 13.3. The van der Waals surface area contributed by atoms with Gasteiger partial charge in [0.15, 0.2) is 0 Å². The quantitative estimate of drug-likeness (QED) is 0.788. The number of hydrogen-bond donors (Lipinski definition) is 0. The maximum atomic E-state index is 12.4. The third kappa shape index (κ3) is 2.15. The summed E-state index contributed by atoms with van der Waals surface area (Å²) >= 11 is 0. The second kappa shape index (κ2) is 5.24. The number of aromatic nitrogens is 2.